The molecule has 2 rings (SSSR count). The Balaban J connectivity index is 1.89. The zero-order chi connectivity index (χ0) is 19.6. The second kappa shape index (κ2) is 10.7. The van der Waals surface area contributed by atoms with Crippen LogP contribution in [0.25, 0.3) is 0 Å². The number of rotatable bonds is 11. The summed E-state index contributed by atoms with van der Waals surface area (Å²) in [6.45, 7) is 0.226. The van der Waals surface area contributed by atoms with Gasteiger partial charge in [0, 0.05) is 44.2 Å². The fourth-order valence-electron chi connectivity index (χ4n) is 2.69. The number of carboxylic acid groups (broad SMARTS) is 1. The molecule has 0 radical (unpaired) electrons. The Morgan fingerprint density at radius 1 is 1.11 bits per heavy atom. The van der Waals surface area contributed by atoms with Crippen LogP contribution in [0.3, 0.4) is 0 Å². The second-order valence-electron chi connectivity index (χ2n) is 6.09. The van der Waals surface area contributed by atoms with Gasteiger partial charge in [-0.2, -0.15) is 5.01 Å². The lowest BCUT2D eigenvalue weighted by molar-refractivity contribution is -0.168. The number of hydrogen-bond acceptors (Lipinski definition) is 6. The predicted octanol–water partition coefficient (Wildman–Crippen LogP) is 2.10. The van der Waals surface area contributed by atoms with Gasteiger partial charge in [-0.15, -0.1) is 11.8 Å². The lowest BCUT2D eigenvalue weighted by Crippen LogP contribution is -2.49. The molecular weight excluding hydrogens is 370 g/mol. The van der Waals surface area contributed by atoms with Gasteiger partial charge in [0.1, 0.15) is 0 Å². The summed E-state index contributed by atoms with van der Waals surface area (Å²) in [7, 11) is 0. The van der Waals surface area contributed by atoms with Crippen LogP contribution in [0.5, 0.6) is 0 Å². The monoisotopic (exact) mass is 393 g/mol. The molecule has 0 saturated carbocycles. The number of imide groups is 1. The van der Waals surface area contributed by atoms with E-state index in [1.54, 1.807) is 6.20 Å². The lowest BCUT2D eigenvalue weighted by Gasteiger charge is -2.30. The van der Waals surface area contributed by atoms with Gasteiger partial charge < -0.3 is 5.11 Å². The van der Waals surface area contributed by atoms with Crippen molar-refractivity contribution in [2.45, 2.75) is 50.0 Å². The average Bonchev–Trinajstić information content (AvgIpc) is 2.97. The van der Waals surface area contributed by atoms with E-state index in [0.29, 0.717) is 25.0 Å². The number of amides is 3. The second-order valence-corrected chi connectivity index (χ2v) is 7.20. The quantitative estimate of drug-likeness (QED) is 0.348. The number of aromatic nitrogens is 1. The lowest BCUT2D eigenvalue weighted by atomic mass is 10.2. The van der Waals surface area contributed by atoms with Gasteiger partial charge >= 0.3 is 5.97 Å². The number of carboxylic acids is 1. The zero-order valence-electron chi connectivity index (χ0n) is 15.0. The minimum atomic E-state index is -0.862. The van der Waals surface area contributed by atoms with Crippen molar-refractivity contribution in [1.82, 2.24) is 15.0 Å². The minimum absolute atomic E-state index is 0.0657. The van der Waals surface area contributed by atoms with Crippen molar-refractivity contribution >= 4 is 35.5 Å². The van der Waals surface area contributed by atoms with E-state index < -0.39 is 5.97 Å². The van der Waals surface area contributed by atoms with Crippen molar-refractivity contribution in [3.8, 4) is 0 Å². The molecule has 0 aromatic carbocycles. The first-order valence-corrected chi connectivity index (χ1v) is 9.89. The van der Waals surface area contributed by atoms with Crippen molar-refractivity contribution in [2.75, 3.05) is 12.3 Å². The molecule has 1 aromatic rings. The first-order valence-electron chi connectivity index (χ1n) is 8.90. The summed E-state index contributed by atoms with van der Waals surface area (Å²) in [5, 5.41) is 11.7. The molecule has 1 aliphatic rings. The van der Waals surface area contributed by atoms with Crippen molar-refractivity contribution in [3.63, 3.8) is 0 Å². The third kappa shape index (κ3) is 6.67. The van der Waals surface area contributed by atoms with Gasteiger partial charge in [-0.25, -0.2) is 9.99 Å². The maximum Gasteiger partial charge on any atom is 0.303 e. The summed E-state index contributed by atoms with van der Waals surface area (Å²) in [4.78, 5) is 51.4. The van der Waals surface area contributed by atoms with Crippen LogP contribution in [0, 0.1) is 0 Å². The third-order valence-corrected chi connectivity index (χ3v) is 4.96. The smallest absolute Gasteiger partial charge is 0.303 e. The Bertz CT molecular complexity index is 667. The Morgan fingerprint density at radius 2 is 1.85 bits per heavy atom. The van der Waals surface area contributed by atoms with E-state index in [9.17, 15) is 19.2 Å². The van der Waals surface area contributed by atoms with Crippen LogP contribution >= 0.6 is 11.8 Å². The third-order valence-electron chi connectivity index (χ3n) is 4.02. The number of carbonyl (C=O) groups excluding carboxylic acids is 3. The van der Waals surface area contributed by atoms with Crippen LogP contribution in [0.2, 0.25) is 0 Å². The predicted molar refractivity (Wildman–Crippen MR) is 98.5 cm³/mol. The summed E-state index contributed by atoms with van der Waals surface area (Å²) in [5.74, 6) is -1.39. The normalized spacial score (nSPS) is 13.9. The van der Waals surface area contributed by atoms with Crippen molar-refractivity contribution in [2.24, 2.45) is 0 Å². The summed E-state index contributed by atoms with van der Waals surface area (Å²) in [6, 6.07) is 5.52. The van der Waals surface area contributed by atoms with Crippen LogP contribution in [0.15, 0.2) is 29.4 Å². The molecule has 1 saturated heterocycles. The number of hydrogen-bond donors (Lipinski definition) is 1. The van der Waals surface area contributed by atoms with Gasteiger partial charge in [-0.05, 0) is 25.0 Å². The average molecular weight is 393 g/mol. The molecule has 2 heterocycles. The van der Waals surface area contributed by atoms with Crippen LogP contribution < -0.4 is 0 Å². The highest BCUT2D eigenvalue weighted by atomic mass is 32.2. The molecule has 1 N–H and O–H groups in total. The largest absolute Gasteiger partial charge is 0.481 e. The molecule has 1 fully saturated rings. The molecule has 1 aliphatic heterocycles. The van der Waals surface area contributed by atoms with Gasteiger partial charge in [-0.3, -0.25) is 19.2 Å². The first-order chi connectivity index (χ1) is 13.0. The minimum Gasteiger partial charge on any atom is -0.481 e. The number of thioether (sulfide) groups is 1. The molecule has 8 nitrogen and oxygen atoms in total. The van der Waals surface area contributed by atoms with Crippen LogP contribution in [0.1, 0.15) is 44.9 Å². The van der Waals surface area contributed by atoms with Gasteiger partial charge in [-0.1, -0.05) is 12.5 Å². The van der Waals surface area contributed by atoms with Gasteiger partial charge in [0.2, 0.25) is 17.7 Å². The van der Waals surface area contributed by atoms with Crippen LogP contribution in [-0.2, 0) is 19.2 Å². The maximum atomic E-state index is 12.6. The van der Waals surface area contributed by atoms with E-state index >= 15 is 0 Å². The van der Waals surface area contributed by atoms with Gasteiger partial charge in [0.15, 0.2) is 0 Å². The first kappa shape index (κ1) is 20.9. The van der Waals surface area contributed by atoms with Crippen LogP contribution in [-0.4, -0.2) is 56.1 Å². The van der Waals surface area contributed by atoms with E-state index in [1.807, 2.05) is 18.2 Å². The molecule has 0 spiro atoms. The zero-order valence-corrected chi connectivity index (χ0v) is 15.8. The highest BCUT2D eigenvalue weighted by Gasteiger charge is 2.36. The highest BCUT2D eigenvalue weighted by Crippen LogP contribution is 2.20. The van der Waals surface area contributed by atoms with Crippen molar-refractivity contribution < 1.29 is 24.3 Å². The molecule has 0 aliphatic carbocycles. The van der Waals surface area contributed by atoms with E-state index in [-0.39, 0.29) is 49.9 Å². The number of carbonyl (C=O) groups is 4. The molecular formula is C18H23N3O5S. The molecule has 0 unspecified atom stereocenters. The summed E-state index contributed by atoms with van der Waals surface area (Å²) in [6.07, 6.45) is 3.78. The molecule has 1 aromatic heterocycles. The van der Waals surface area contributed by atoms with E-state index in [0.717, 1.165) is 10.0 Å². The van der Waals surface area contributed by atoms with Crippen LogP contribution in [0.4, 0.5) is 0 Å². The number of unbranched alkanes of at least 4 members (excludes halogenated alkanes) is 2. The summed E-state index contributed by atoms with van der Waals surface area (Å²) < 4.78 is 0. The Morgan fingerprint density at radius 3 is 2.48 bits per heavy atom. The summed E-state index contributed by atoms with van der Waals surface area (Å²) >= 11 is 1.43. The fraction of sp³-hybridized carbons (Fsp3) is 0.500. The molecule has 9 heteroatoms. The van der Waals surface area contributed by atoms with Crippen molar-refractivity contribution in [1.29, 1.82) is 0 Å². The fourth-order valence-corrected chi connectivity index (χ4v) is 3.49. The summed E-state index contributed by atoms with van der Waals surface area (Å²) in [5.41, 5.74) is 0. The Hall–Kier alpha value is -2.42. The molecule has 146 valence electrons. The SMILES string of the molecule is O=C(O)CCCCCN(C(=O)CCSc1ccccn1)N1C(=O)CCC1=O. The van der Waals surface area contributed by atoms with E-state index in [2.05, 4.69) is 4.98 Å². The van der Waals surface area contributed by atoms with Gasteiger partial charge in [0.05, 0.1) is 5.03 Å². The molecule has 0 atom stereocenters. The number of pyridine rings is 1. The highest BCUT2D eigenvalue weighted by molar-refractivity contribution is 7.99. The number of aliphatic carboxylic acids is 1. The Labute approximate surface area is 161 Å². The molecule has 27 heavy (non-hydrogen) atoms. The van der Waals surface area contributed by atoms with Crippen molar-refractivity contribution in [3.05, 3.63) is 24.4 Å². The topological polar surface area (TPSA) is 108 Å². The number of hydrazine groups is 1. The van der Waals surface area contributed by atoms with E-state index in [4.69, 9.17) is 5.11 Å². The molecule has 0 bridgehead atoms. The maximum absolute atomic E-state index is 12.6. The Kier molecular flexibility index (Phi) is 8.25. The molecule has 3 amide bonds. The van der Waals surface area contributed by atoms with Gasteiger partial charge in [0.25, 0.3) is 0 Å². The van der Waals surface area contributed by atoms with E-state index in [1.165, 1.54) is 16.8 Å². The standard InChI is InChI=1S/C18H23N3O5S/c22-15(10-13-27-14-6-3-4-11-19-14)20(12-5-1-2-7-18(25)26)21-16(23)8-9-17(21)24/h3-4,6,11H,1-2,5,7-10,12-13H2,(H,25,26). The number of nitrogens with zero attached hydrogens (tertiary/aromatic N) is 3.